The van der Waals surface area contributed by atoms with Crippen LogP contribution < -0.4 is 0 Å². The van der Waals surface area contributed by atoms with Crippen LogP contribution in [0.4, 0.5) is 0 Å². The molecule has 1 aliphatic rings. The second-order valence-corrected chi connectivity index (χ2v) is 3.57. The molecule has 0 aromatic carbocycles. The van der Waals surface area contributed by atoms with Crippen molar-refractivity contribution in [3.63, 3.8) is 0 Å². The summed E-state index contributed by atoms with van der Waals surface area (Å²) in [5, 5.41) is 0. The fourth-order valence-corrected chi connectivity index (χ4v) is 1.17. The van der Waals surface area contributed by atoms with E-state index in [2.05, 4.69) is 0 Å². The first kappa shape index (κ1) is 9.85. The van der Waals surface area contributed by atoms with Gasteiger partial charge in [0.2, 0.25) is 0 Å². The van der Waals surface area contributed by atoms with Gasteiger partial charge in [-0.1, -0.05) is 0 Å². The maximum absolute atomic E-state index is 11.0. The number of hydrogen-bond donors (Lipinski definition) is 0. The van der Waals surface area contributed by atoms with Gasteiger partial charge in [-0.2, -0.15) is 0 Å². The van der Waals surface area contributed by atoms with E-state index in [0.717, 1.165) is 32.1 Å². The largest absolute Gasteiger partial charge is 0.465 e. The Morgan fingerprint density at radius 3 is 2.67 bits per heavy atom. The molecule has 1 aliphatic carbocycles. The van der Waals surface area contributed by atoms with E-state index in [-0.39, 0.29) is 11.9 Å². The van der Waals surface area contributed by atoms with Crippen LogP contribution in [0.3, 0.4) is 0 Å². The molecule has 2 nitrogen and oxygen atoms in total. The summed E-state index contributed by atoms with van der Waals surface area (Å²) >= 11 is 5.50. The van der Waals surface area contributed by atoms with Crippen molar-refractivity contribution in [2.75, 3.05) is 12.5 Å². The first-order valence-corrected chi connectivity index (χ1v) is 5.10. The number of alkyl halides is 1. The number of halogens is 1. The molecule has 0 aromatic heterocycles. The predicted molar refractivity (Wildman–Crippen MR) is 48.3 cm³/mol. The number of hydrogen-bond acceptors (Lipinski definition) is 2. The van der Waals surface area contributed by atoms with Crippen molar-refractivity contribution in [1.29, 1.82) is 0 Å². The highest BCUT2D eigenvalue weighted by molar-refractivity contribution is 6.17. The van der Waals surface area contributed by atoms with Gasteiger partial charge in [0.05, 0.1) is 12.5 Å². The zero-order valence-corrected chi connectivity index (χ0v) is 7.98. The van der Waals surface area contributed by atoms with Crippen LogP contribution >= 0.6 is 11.6 Å². The molecule has 0 atom stereocenters. The molecule has 0 aliphatic heterocycles. The molecule has 0 radical (unpaired) electrons. The quantitative estimate of drug-likeness (QED) is 0.365. The van der Waals surface area contributed by atoms with Gasteiger partial charge in [0.25, 0.3) is 0 Å². The molecular weight excluding hydrogens is 176 g/mol. The highest BCUT2D eigenvalue weighted by Gasteiger charge is 2.30. The van der Waals surface area contributed by atoms with Gasteiger partial charge in [-0.3, -0.25) is 4.79 Å². The lowest BCUT2D eigenvalue weighted by atomic mass is 10.3. The number of carbonyl (C=O) groups excluding carboxylic acids is 1. The van der Waals surface area contributed by atoms with Crippen LogP contribution in [-0.2, 0) is 9.53 Å². The Balaban J connectivity index is 1.84. The van der Waals surface area contributed by atoms with Gasteiger partial charge in [-0.25, -0.2) is 0 Å². The standard InChI is InChI=1S/C9H15ClO2/c10-6-2-1-3-7-12-9(11)8-4-5-8/h8H,1-7H2. The van der Waals surface area contributed by atoms with E-state index in [9.17, 15) is 4.79 Å². The topological polar surface area (TPSA) is 26.3 Å². The average molecular weight is 191 g/mol. The smallest absolute Gasteiger partial charge is 0.308 e. The number of carbonyl (C=O) groups is 1. The highest BCUT2D eigenvalue weighted by Crippen LogP contribution is 2.30. The summed E-state index contributed by atoms with van der Waals surface area (Å²) in [6.45, 7) is 0.576. The van der Waals surface area contributed by atoms with Crippen molar-refractivity contribution >= 4 is 17.6 Å². The predicted octanol–water partition coefficient (Wildman–Crippen LogP) is 2.35. The molecule has 0 unspecified atom stereocenters. The third kappa shape index (κ3) is 3.96. The van der Waals surface area contributed by atoms with Gasteiger partial charge in [-0.05, 0) is 32.1 Å². The lowest BCUT2D eigenvalue weighted by Gasteiger charge is -2.02. The van der Waals surface area contributed by atoms with Crippen molar-refractivity contribution in [2.24, 2.45) is 5.92 Å². The first-order valence-electron chi connectivity index (χ1n) is 4.57. The zero-order chi connectivity index (χ0) is 8.81. The molecule has 0 amide bonds. The van der Waals surface area contributed by atoms with Gasteiger partial charge in [0.15, 0.2) is 0 Å². The van der Waals surface area contributed by atoms with Crippen molar-refractivity contribution in [3.05, 3.63) is 0 Å². The van der Waals surface area contributed by atoms with Gasteiger partial charge in [0, 0.05) is 5.88 Å². The summed E-state index contributed by atoms with van der Waals surface area (Å²) in [7, 11) is 0. The van der Waals surface area contributed by atoms with Crippen molar-refractivity contribution in [2.45, 2.75) is 32.1 Å². The molecule has 1 saturated carbocycles. The van der Waals surface area contributed by atoms with Crippen molar-refractivity contribution < 1.29 is 9.53 Å². The number of esters is 1. The van der Waals surface area contributed by atoms with E-state index in [1.807, 2.05) is 0 Å². The molecule has 0 heterocycles. The summed E-state index contributed by atoms with van der Waals surface area (Å²) < 4.78 is 5.03. The summed E-state index contributed by atoms with van der Waals surface area (Å²) in [5.74, 6) is 0.940. The summed E-state index contributed by atoms with van der Waals surface area (Å²) in [5.41, 5.74) is 0. The number of rotatable bonds is 6. The van der Waals surface area contributed by atoms with Crippen LogP contribution in [0.1, 0.15) is 32.1 Å². The normalized spacial score (nSPS) is 16.1. The van der Waals surface area contributed by atoms with Crippen LogP contribution in [0.2, 0.25) is 0 Å². The Bertz CT molecular complexity index is 143. The van der Waals surface area contributed by atoms with E-state index in [1.54, 1.807) is 0 Å². The zero-order valence-electron chi connectivity index (χ0n) is 7.22. The molecule has 0 aromatic rings. The minimum Gasteiger partial charge on any atom is -0.465 e. The molecule has 1 rings (SSSR count). The Morgan fingerprint density at radius 2 is 2.08 bits per heavy atom. The minimum absolute atomic E-state index is 0.000809. The maximum Gasteiger partial charge on any atom is 0.308 e. The molecule has 0 bridgehead atoms. The van der Waals surface area contributed by atoms with E-state index in [4.69, 9.17) is 16.3 Å². The lowest BCUT2D eigenvalue weighted by Crippen LogP contribution is -2.07. The van der Waals surface area contributed by atoms with Crippen molar-refractivity contribution in [3.8, 4) is 0 Å². The van der Waals surface area contributed by atoms with Crippen LogP contribution in [0, 0.1) is 5.92 Å². The van der Waals surface area contributed by atoms with E-state index >= 15 is 0 Å². The third-order valence-electron chi connectivity index (χ3n) is 1.93. The number of unbranched alkanes of at least 4 members (excludes halogenated alkanes) is 2. The van der Waals surface area contributed by atoms with Gasteiger partial charge in [0.1, 0.15) is 0 Å². The van der Waals surface area contributed by atoms with Gasteiger partial charge < -0.3 is 4.74 Å². The lowest BCUT2D eigenvalue weighted by molar-refractivity contribution is -0.145. The second kappa shape index (κ2) is 5.41. The molecule has 12 heavy (non-hydrogen) atoms. The Morgan fingerprint density at radius 1 is 1.33 bits per heavy atom. The monoisotopic (exact) mass is 190 g/mol. The van der Waals surface area contributed by atoms with Crippen LogP contribution in [0.5, 0.6) is 0 Å². The molecular formula is C9H15ClO2. The number of ether oxygens (including phenoxy) is 1. The average Bonchev–Trinajstić information content (AvgIpc) is 2.86. The molecule has 1 fully saturated rings. The maximum atomic E-state index is 11.0. The third-order valence-corrected chi connectivity index (χ3v) is 2.20. The highest BCUT2D eigenvalue weighted by atomic mass is 35.5. The first-order chi connectivity index (χ1) is 5.84. The minimum atomic E-state index is 0.000809. The molecule has 3 heteroatoms. The molecule has 0 spiro atoms. The van der Waals surface area contributed by atoms with Gasteiger partial charge in [-0.15, -0.1) is 11.6 Å². The Hall–Kier alpha value is -0.240. The molecule has 0 saturated heterocycles. The van der Waals surface area contributed by atoms with Gasteiger partial charge >= 0.3 is 5.97 Å². The fraction of sp³-hybridized carbons (Fsp3) is 0.889. The van der Waals surface area contributed by atoms with Crippen LogP contribution in [0.15, 0.2) is 0 Å². The van der Waals surface area contributed by atoms with E-state index < -0.39 is 0 Å². The Labute approximate surface area is 78.2 Å². The molecule has 70 valence electrons. The SMILES string of the molecule is O=C(OCCCCCCl)C1CC1. The van der Waals surface area contributed by atoms with Crippen LogP contribution in [-0.4, -0.2) is 18.5 Å². The Kier molecular flexibility index (Phi) is 4.44. The summed E-state index contributed by atoms with van der Waals surface area (Å²) in [4.78, 5) is 11.0. The van der Waals surface area contributed by atoms with Crippen molar-refractivity contribution in [1.82, 2.24) is 0 Å². The van der Waals surface area contributed by atoms with E-state index in [0.29, 0.717) is 12.5 Å². The molecule has 0 N–H and O–H groups in total. The summed E-state index contributed by atoms with van der Waals surface area (Å²) in [6.07, 6.45) is 5.08. The fourth-order valence-electron chi connectivity index (χ4n) is 0.983. The second-order valence-electron chi connectivity index (χ2n) is 3.19. The van der Waals surface area contributed by atoms with E-state index in [1.165, 1.54) is 0 Å². The summed E-state index contributed by atoms with van der Waals surface area (Å²) in [6, 6.07) is 0. The van der Waals surface area contributed by atoms with Crippen LogP contribution in [0.25, 0.3) is 0 Å².